The number of amides is 2. The highest BCUT2D eigenvalue weighted by molar-refractivity contribution is 7.10. The SMILES string of the molecule is COCCCN(CC(=O)N1CCc2sccc2[C@@H]1COc1ccc(F)cc1)C(=O)c1ccc(C)cc1. The minimum atomic E-state index is -0.330. The highest BCUT2D eigenvalue weighted by atomic mass is 32.1. The van der Waals surface area contributed by atoms with Crippen molar-refractivity contribution in [3.8, 4) is 5.75 Å². The molecule has 0 saturated carbocycles. The van der Waals surface area contributed by atoms with Gasteiger partial charge in [-0.1, -0.05) is 17.7 Å². The predicted octanol–water partition coefficient (Wildman–Crippen LogP) is 4.88. The third kappa shape index (κ3) is 6.30. The number of fused-ring (bicyclic) bond motifs is 1. The van der Waals surface area contributed by atoms with Crippen molar-refractivity contribution in [2.24, 2.45) is 0 Å². The van der Waals surface area contributed by atoms with Crippen LogP contribution in [0.5, 0.6) is 5.75 Å². The Labute approximate surface area is 215 Å². The number of methoxy groups -OCH3 is 1. The Morgan fingerprint density at radius 1 is 1.11 bits per heavy atom. The molecule has 0 radical (unpaired) electrons. The van der Waals surface area contributed by atoms with Crippen molar-refractivity contribution in [3.63, 3.8) is 0 Å². The molecule has 2 amide bonds. The van der Waals surface area contributed by atoms with Crippen molar-refractivity contribution >= 4 is 23.2 Å². The van der Waals surface area contributed by atoms with Gasteiger partial charge in [-0.05, 0) is 73.2 Å². The Bertz CT molecular complexity index is 1160. The maximum atomic E-state index is 13.6. The number of nitrogens with zero attached hydrogens (tertiary/aromatic N) is 2. The second-order valence-electron chi connectivity index (χ2n) is 8.86. The van der Waals surface area contributed by atoms with E-state index < -0.39 is 0 Å². The van der Waals surface area contributed by atoms with E-state index in [4.69, 9.17) is 9.47 Å². The maximum absolute atomic E-state index is 13.6. The molecule has 3 aromatic rings. The van der Waals surface area contributed by atoms with Gasteiger partial charge in [-0.3, -0.25) is 9.59 Å². The Hall–Kier alpha value is -3.23. The Balaban J connectivity index is 1.51. The summed E-state index contributed by atoms with van der Waals surface area (Å²) in [5.74, 6) is -0.0881. The molecule has 1 aliphatic heterocycles. The number of ether oxygens (including phenoxy) is 2. The zero-order valence-corrected chi connectivity index (χ0v) is 21.4. The second-order valence-corrected chi connectivity index (χ2v) is 9.86. The van der Waals surface area contributed by atoms with Gasteiger partial charge in [0.1, 0.15) is 24.7 Å². The van der Waals surface area contributed by atoms with Crippen molar-refractivity contribution in [3.05, 3.63) is 87.4 Å². The minimum Gasteiger partial charge on any atom is -0.491 e. The van der Waals surface area contributed by atoms with Crippen molar-refractivity contribution in [2.45, 2.75) is 25.8 Å². The number of thiophene rings is 1. The van der Waals surface area contributed by atoms with Crippen LogP contribution in [0.4, 0.5) is 4.39 Å². The summed E-state index contributed by atoms with van der Waals surface area (Å²) >= 11 is 1.68. The van der Waals surface area contributed by atoms with E-state index in [-0.39, 0.29) is 36.8 Å². The van der Waals surface area contributed by atoms with E-state index in [0.717, 1.165) is 17.5 Å². The largest absolute Gasteiger partial charge is 0.491 e. The monoisotopic (exact) mass is 510 g/mol. The summed E-state index contributed by atoms with van der Waals surface area (Å²) in [5.41, 5.74) is 2.69. The van der Waals surface area contributed by atoms with Crippen LogP contribution in [-0.4, -0.2) is 61.6 Å². The molecule has 6 nitrogen and oxygen atoms in total. The smallest absolute Gasteiger partial charge is 0.254 e. The van der Waals surface area contributed by atoms with Crippen LogP contribution >= 0.6 is 11.3 Å². The van der Waals surface area contributed by atoms with Gasteiger partial charge in [0.15, 0.2) is 0 Å². The fourth-order valence-corrected chi connectivity index (χ4v) is 5.29. The molecule has 1 aromatic heterocycles. The fraction of sp³-hybridized carbons (Fsp3) is 0.357. The molecule has 0 aliphatic carbocycles. The molecule has 190 valence electrons. The molecule has 0 unspecified atom stereocenters. The molecule has 8 heteroatoms. The van der Waals surface area contributed by atoms with Gasteiger partial charge in [-0.25, -0.2) is 4.39 Å². The molecule has 2 heterocycles. The third-order valence-electron chi connectivity index (χ3n) is 6.33. The Morgan fingerprint density at radius 2 is 1.86 bits per heavy atom. The molecule has 1 aliphatic rings. The zero-order chi connectivity index (χ0) is 25.5. The lowest BCUT2D eigenvalue weighted by Gasteiger charge is -2.37. The average molecular weight is 511 g/mol. The summed E-state index contributed by atoms with van der Waals surface area (Å²) in [6.45, 7) is 3.66. The van der Waals surface area contributed by atoms with E-state index in [9.17, 15) is 14.0 Å². The summed E-state index contributed by atoms with van der Waals surface area (Å²) in [7, 11) is 1.62. The number of benzene rings is 2. The molecule has 2 aromatic carbocycles. The average Bonchev–Trinajstić information content (AvgIpc) is 3.37. The highest BCUT2D eigenvalue weighted by Gasteiger charge is 2.33. The molecule has 0 N–H and O–H groups in total. The third-order valence-corrected chi connectivity index (χ3v) is 7.32. The Kier molecular flexibility index (Phi) is 8.72. The lowest BCUT2D eigenvalue weighted by Crippen LogP contribution is -2.48. The van der Waals surface area contributed by atoms with Crippen LogP contribution in [0.2, 0.25) is 0 Å². The van der Waals surface area contributed by atoms with Crippen LogP contribution in [-0.2, 0) is 16.0 Å². The lowest BCUT2D eigenvalue weighted by atomic mass is 10.0. The van der Waals surface area contributed by atoms with Crippen molar-refractivity contribution < 1.29 is 23.5 Å². The molecular weight excluding hydrogens is 479 g/mol. The van der Waals surface area contributed by atoms with E-state index in [1.165, 1.54) is 17.0 Å². The predicted molar refractivity (Wildman–Crippen MR) is 138 cm³/mol. The quantitative estimate of drug-likeness (QED) is 0.365. The zero-order valence-electron chi connectivity index (χ0n) is 20.6. The van der Waals surface area contributed by atoms with E-state index >= 15 is 0 Å². The molecular formula is C28H31FN2O4S. The van der Waals surface area contributed by atoms with Gasteiger partial charge in [0.05, 0.1) is 6.04 Å². The standard InChI is InChI=1S/C28H31FN2O4S/c1-20-4-6-21(7-5-20)28(33)30(14-3-16-34-2)18-27(32)31-15-12-26-24(13-17-36-26)25(31)19-35-23-10-8-22(29)9-11-23/h4-11,13,17,25H,3,12,14-16,18-19H2,1-2H3/t25-/m0/s1. The lowest BCUT2D eigenvalue weighted by molar-refractivity contribution is -0.135. The van der Waals surface area contributed by atoms with E-state index in [1.54, 1.807) is 47.6 Å². The molecule has 0 bridgehead atoms. The molecule has 4 rings (SSSR count). The van der Waals surface area contributed by atoms with E-state index in [1.807, 2.05) is 35.4 Å². The number of aryl methyl sites for hydroxylation is 1. The van der Waals surface area contributed by atoms with Gasteiger partial charge in [0.25, 0.3) is 5.91 Å². The second kappa shape index (κ2) is 12.1. The number of hydrogen-bond acceptors (Lipinski definition) is 5. The molecule has 36 heavy (non-hydrogen) atoms. The summed E-state index contributed by atoms with van der Waals surface area (Å²) in [6, 6.07) is 15.0. The first-order chi connectivity index (χ1) is 17.5. The number of carbonyl (C=O) groups is 2. The number of halogens is 1. The van der Waals surface area contributed by atoms with Crippen LogP contribution in [0.3, 0.4) is 0 Å². The maximum Gasteiger partial charge on any atom is 0.254 e. The van der Waals surface area contributed by atoms with Crippen molar-refractivity contribution in [2.75, 3.05) is 40.0 Å². The van der Waals surface area contributed by atoms with Gasteiger partial charge in [-0.2, -0.15) is 0 Å². The van der Waals surface area contributed by atoms with Crippen molar-refractivity contribution in [1.29, 1.82) is 0 Å². The van der Waals surface area contributed by atoms with Gasteiger partial charge in [-0.15, -0.1) is 11.3 Å². The van der Waals surface area contributed by atoms with Crippen LogP contribution in [0.15, 0.2) is 60.0 Å². The summed E-state index contributed by atoms with van der Waals surface area (Å²) in [5, 5.41) is 2.03. The van der Waals surface area contributed by atoms with Crippen LogP contribution in [0.1, 0.15) is 38.8 Å². The van der Waals surface area contributed by atoms with Crippen LogP contribution < -0.4 is 4.74 Å². The number of rotatable bonds is 10. The van der Waals surface area contributed by atoms with Gasteiger partial charge < -0.3 is 19.3 Å². The minimum absolute atomic E-state index is 0.0249. The number of hydrogen-bond donors (Lipinski definition) is 0. The van der Waals surface area contributed by atoms with Crippen molar-refractivity contribution in [1.82, 2.24) is 9.80 Å². The summed E-state index contributed by atoms with van der Waals surface area (Å²) < 4.78 is 24.4. The summed E-state index contributed by atoms with van der Waals surface area (Å²) in [6.07, 6.45) is 1.40. The first-order valence-electron chi connectivity index (χ1n) is 12.0. The molecule has 1 atom stereocenters. The van der Waals surface area contributed by atoms with E-state index in [0.29, 0.717) is 37.4 Å². The van der Waals surface area contributed by atoms with E-state index in [2.05, 4.69) is 0 Å². The van der Waals surface area contributed by atoms with Gasteiger partial charge in [0, 0.05) is 37.2 Å². The molecule has 0 fully saturated rings. The molecule has 0 spiro atoms. The summed E-state index contributed by atoms with van der Waals surface area (Å²) in [4.78, 5) is 31.6. The first kappa shape index (κ1) is 25.9. The van der Waals surface area contributed by atoms with Gasteiger partial charge in [0.2, 0.25) is 5.91 Å². The molecule has 0 saturated heterocycles. The fourth-order valence-electron chi connectivity index (χ4n) is 4.37. The van der Waals surface area contributed by atoms with Crippen LogP contribution in [0.25, 0.3) is 0 Å². The Morgan fingerprint density at radius 3 is 2.58 bits per heavy atom. The van der Waals surface area contributed by atoms with Crippen LogP contribution in [0, 0.1) is 12.7 Å². The topological polar surface area (TPSA) is 59.1 Å². The van der Waals surface area contributed by atoms with Gasteiger partial charge >= 0.3 is 0 Å². The highest BCUT2D eigenvalue weighted by Crippen LogP contribution is 2.34. The normalized spacial score (nSPS) is 14.9. The first-order valence-corrected chi connectivity index (χ1v) is 12.9. The number of carbonyl (C=O) groups excluding carboxylic acids is 2.